The Morgan fingerprint density at radius 1 is 1.08 bits per heavy atom. The Hall–Kier alpha value is -1.36. The highest BCUT2D eigenvalue weighted by Gasteiger charge is 2.63. The lowest BCUT2D eigenvalue weighted by Crippen LogP contribution is -2.61. The Morgan fingerprint density at radius 3 is 2.48 bits per heavy atom. The molecule has 5 rings (SSSR count). The van der Waals surface area contributed by atoms with E-state index in [1.54, 1.807) is 13.0 Å². The van der Waals surface area contributed by atoms with Crippen LogP contribution >= 0.6 is 0 Å². The predicted octanol–water partition coefficient (Wildman–Crippen LogP) is 3.37. The van der Waals surface area contributed by atoms with Gasteiger partial charge in [-0.2, -0.15) is 0 Å². The summed E-state index contributed by atoms with van der Waals surface area (Å²) in [6.07, 6.45) is 10.1. The summed E-state index contributed by atoms with van der Waals surface area (Å²) >= 11 is 0. The van der Waals surface area contributed by atoms with Crippen molar-refractivity contribution in [2.75, 3.05) is 6.61 Å². The smallest absolute Gasteiger partial charge is 0.330 e. The van der Waals surface area contributed by atoms with Gasteiger partial charge in [0.15, 0.2) is 0 Å². The molecule has 25 heavy (non-hydrogen) atoms. The molecule has 4 saturated carbocycles. The molecule has 0 radical (unpaired) electrons. The zero-order chi connectivity index (χ0) is 17.4. The van der Waals surface area contributed by atoms with E-state index in [0.717, 1.165) is 44.9 Å². The van der Waals surface area contributed by atoms with Gasteiger partial charge in [0.1, 0.15) is 11.5 Å². The van der Waals surface area contributed by atoms with Crippen LogP contribution in [0, 0.1) is 23.2 Å². The maximum absolute atomic E-state index is 13.2. The van der Waals surface area contributed by atoms with Crippen molar-refractivity contribution in [1.29, 1.82) is 0 Å². The second-order valence-electron chi connectivity index (χ2n) is 8.32. The first-order valence-electron chi connectivity index (χ1n) is 9.76. The monoisotopic (exact) mass is 348 g/mol. The van der Waals surface area contributed by atoms with Crippen LogP contribution in [0.4, 0.5) is 0 Å². The van der Waals surface area contributed by atoms with Gasteiger partial charge in [0.2, 0.25) is 6.29 Å². The fraction of sp³-hybridized carbons (Fsp3) is 0.800. The van der Waals surface area contributed by atoms with Crippen molar-refractivity contribution in [2.45, 2.75) is 70.7 Å². The van der Waals surface area contributed by atoms with E-state index >= 15 is 0 Å². The summed E-state index contributed by atoms with van der Waals surface area (Å²) in [4.78, 5) is 25.3. The van der Waals surface area contributed by atoms with Crippen molar-refractivity contribution in [3.05, 3.63) is 12.2 Å². The summed E-state index contributed by atoms with van der Waals surface area (Å²) < 4.78 is 17.2. The van der Waals surface area contributed by atoms with E-state index in [0.29, 0.717) is 24.4 Å². The molecule has 5 fully saturated rings. The van der Waals surface area contributed by atoms with Gasteiger partial charge in [-0.25, -0.2) is 4.79 Å². The molecule has 138 valence electrons. The van der Waals surface area contributed by atoms with Gasteiger partial charge < -0.3 is 14.2 Å². The molecule has 5 heteroatoms. The van der Waals surface area contributed by atoms with Gasteiger partial charge >= 0.3 is 11.9 Å². The maximum atomic E-state index is 13.2. The normalized spacial score (nSPS) is 42.5. The van der Waals surface area contributed by atoms with E-state index in [1.807, 2.05) is 0 Å². The second kappa shape index (κ2) is 6.75. The highest BCUT2D eigenvalue weighted by molar-refractivity contribution is 5.83. The van der Waals surface area contributed by atoms with E-state index in [2.05, 4.69) is 0 Å². The molecular formula is C20H28O5. The Morgan fingerprint density at radius 2 is 1.84 bits per heavy atom. The maximum Gasteiger partial charge on any atom is 0.330 e. The molecular weight excluding hydrogens is 320 g/mol. The van der Waals surface area contributed by atoms with Crippen molar-refractivity contribution in [3.8, 4) is 0 Å². The molecule has 0 aromatic heterocycles. The minimum Gasteiger partial charge on any atom is -0.458 e. The largest absolute Gasteiger partial charge is 0.458 e. The quantitative estimate of drug-likeness (QED) is 0.576. The first-order valence-corrected chi connectivity index (χ1v) is 9.76. The van der Waals surface area contributed by atoms with E-state index in [-0.39, 0.29) is 18.0 Å². The molecule has 0 aromatic carbocycles. The first-order chi connectivity index (χ1) is 12.1. The molecule has 4 bridgehead atoms. The highest BCUT2D eigenvalue weighted by Crippen LogP contribution is 2.61. The van der Waals surface area contributed by atoms with E-state index in [1.165, 1.54) is 12.5 Å². The topological polar surface area (TPSA) is 61.8 Å². The Balaban J connectivity index is 1.55. The number of hydrogen-bond acceptors (Lipinski definition) is 5. The Bertz CT molecular complexity index is 548. The summed E-state index contributed by atoms with van der Waals surface area (Å²) in [7, 11) is 0. The summed E-state index contributed by atoms with van der Waals surface area (Å²) in [5.74, 6) is 0.876. The average Bonchev–Trinajstić information content (AvgIpc) is 2.58. The molecule has 1 heterocycles. The lowest BCUT2D eigenvalue weighted by molar-refractivity contribution is -0.229. The second-order valence-corrected chi connectivity index (χ2v) is 8.32. The van der Waals surface area contributed by atoms with Gasteiger partial charge in [-0.15, -0.1) is 0 Å². The molecule has 1 aliphatic heterocycles. The SMILES string of the molecule is CC=CC(=O)OC1C2CC3CC(C2)CC1(C(=O)OC1CCCCO1)C3. The van der Waals surface area contributed by atoms with Crippen molar-refractivity contribution >= 4 is 11.9 Å². The molecule has 4 aliphatic carbocycles. The van der Waals surface area contributed by atoms with Gasteiger partial charge in [-0.3, -0.25) is 4.79 Å². The van der Waals surface area contributed by atoms with Crippen molar-refractivity contribution in [2.24, 2.45) is 23.2 Å². The molecule has 5 nitrogen and oxygen atoms in total. The van der Waals surface area contributed by atoms with Crippen LogP contribution in [-0.2, 0) is 23.8 Å². The molecule has 0 aromatic rings. The fourth-order valence-electron chi connectivity index (χ4n) is 5.83. The zero-order valence-corrected chi connectivity index (χ0v) is 14.9. The predicted molar refractivity (Wildman–Crippen MR) is 90.4 cm³/mol. The standard InChI is InChI=1S/C20H28O5/c1-2-5-16(21)24-18-15-9-13-8-14(10-15)12-20(18,11-13)19(22)25-17-6-3-4-7-23-17/h2,5,13-15,17-18H,3-4,6-12H2,1H3. The third-order valence-electron chi connectivity index (χ3n) is 6.55. The van der Waals surface area contributed by atoms with Crippen molar-refractivity contribution in [3.63, 3.8) is 0 Å². The van der Waals surface area contributed by atoms with Crippen LogP contribution in [0.2, 0.25) is 0 Å². The van der Waals surface area contributed by atoms with E-state index in [4.69, 9.17) is 14.2 Å². The van der Waals surface area contributed by atoms with Crippen LogP contribution in [0.25, 0.3) is 0 Å². The fourth-order valence-corrected chi connectivity index (χ4v) is 5.83. The lowest BCUT2D eigenvalue weighted by Gasteiger charge is -2.58. The van der Waals surface area contributed by atoms with Crippen LogP contribution in [0.3, 0.4) is 0 Å². The lowest BCUT2D eigenvalue weighted by atomic mass is 9.48. The molecule has 0 amide bonds. The minimum absolute atomic E-state index is 0.197. The van der Waals surface area contributed by atoms with Gasteiger partial charge in [0, 0.05) is 12.5 Å². The molecule has 4 atom stereocenters. The number of hydrogen-bond donors (Lipinski definition) is 0. The number of allylic oxidation sites excluding steroid dienone is 1. The van der Waals surface area contributed by atoms with Crippen LogP contribution < -0.4 is 0 Å². The third-order valence-corrected chi connectivity index (χ3v) is 6.55. The van der Waals surface area contributed by atoms with E-state index < -0.39 is 11.7 Å². The van der Waals surface area contributed by atoms with Crippen LogP contribution in [-0.4, -0.2) is 30.9 Å². The Kier molecular flexibility index (Phi) is 4.61. The molecule has 0 N–H and O–H groups in total. The third kappa shape index (κ3) is 3.12. The van der Waals surface area contributed by atoms with E-state index in [9.17, 15) is 9.59 Å². The van der Waals surface area contributed by atoms with Gasteiger partial charge in [0.05, 0.1) is 6.61 Å². The number of ether oxygens (including phenoxy) is 3. The van der Waals surface area contributed by atoms with Crippen LogP contribution in [0.15, 0.2) is 12.2 Å². The summed E-state index contributed by atoms with van der Waals surface area (Å²) in [6.45, 7) is 2.45. The van der Waals surface area contributed by atoms with Crippen molar-refractivity contribution < 1.29 is 23.8 Å². The van der Waals surface area contributed by atoms with Crippen LogP contribution in [0.5, 0.6) is 0 Å². The zero-order valence-electron chi connectivity index (χ0n) is 14.9. The van der Waals surface area contributed by atoms with Gasteiger partial charge in [-0.05, 0) is 69.6 Å². The summed E-state index contributed by atoms with van der Waals surface area (Å²) in [5, 5.41) is 0. The number of carbonyl (C=O) groups excluding carboxylic acids is 2. The summed E-state index contributed by atoms with van der Waals surface area (Å²) in [6, 6.07) is 0. The molecule has 4 unspecified atom stereocenters. The number of rotatable bonds is 4. The molecule has 1 saturated heterocycles. The first kappa shape index (κ1) is 17.1. The summed E-state index contributed by atoms with van der Waals surface area (Å²) in [5.41, 5.74) is -0.660. The van der Waals surface area contributed by atoms with Gasteiger partial charge in [0.25, 0.3) is 0 Å². The molecule has 5 aliphatic rings. The van der Waals surface area contributed by atoms with Crippen LogP contribution in [0.1, 0.15) is 58.3 Å². The minimum atomic E-state index is -0.660. The van der Waals surface area contributed by atoms with Crippen molar-refractivity contribution in [1.82, 2.24) is 0 Å². The highest BCUT2D eigenvalue weighted by atomic mass is 16.7. The Labute approximate surface area is 149 Å². The number of carbonyl (C=O) groups is 2. The average molecular weight is 348 g/mol. The number of esters is 2. The van der Waals surface area contributed by atoms with Gasteiger partial charge in [-0.1, -0.05) is 6.08 Å². The molecule has 0 spiro atoms.